The van der Waals surface area contributed by atoms with Crippen LogP contribution in [0.15, 0.2) is 24.5 Å². The highest BCUT2D eigenvalue weighted by atomic mass is 19.4. The molecule has 1 aliphatic rings. The van der Waals surface area contributed by atoms with E-state index in [1.54, 1.807) is 20.2 Å². The number of alkyl halides is 3. The molecule has 0 aromatic carbocycles. The van der Waals surface area contributed by atoms with Crippen LogP contribution in [-0.2, 0) is 17.5 Å². The van der Waals surface area contributed by atoms with Crippen LogP contribution in [0.4, 0.5) is 19.0 Å². The molecule has 0 unspecified atom stereocenters. The van der Waals surface area contributed by atoms with Crippen molar-refractivity contribution in [3.05, 3.63) is 41.6 Å². The van der Waals surface area contributed by atoms with Crippen LogP contribution in [0, 0.1) is 6.92 Å². The normalized spacial score (nSPS) is 16.3. The lowest BCUT2D eigenvalue weighted by atomic mass is 9.95. The molecule has 0 saturated carbocycles. The van der Waals surface area contributed by atoms with Gasteiger partial charge in [0, 0.05) is 50.7 Å². The summed E-state index contributed by atoms with van der Waals surface area (Å²) >= 11 is 0. The number of pyridine rings is 1. The molecule has 142 valence electrons. The number of hydrogen-bond acceptors (Lipinski definition) is 4. The van der Waals surface area contributed by atoms with E-state index in [-0.39, 0.29) is 0 Å². The van der Waals surface area contributed by atoms with Gasteiger partial charge in [-0.3, -0.25) is 0 Å². The summed E-state index contributed by atoms with van der Waals surface area (Å²) in [6, 6.07) is 2.23. The van der Waals surface area contributed by atoms with E-state index in [2.05, 4.69) is 14.5 Å². The van der Waals surface area contributed by atoms with E-state index in [4.69, 9.17) is 4.74 Å². The number of anilines is 1. The Morgan fingerprint density at radius 3 is 2.62 bits per heavy atom. The van der Waals surface area contributed by atoms with Crippen molar-refractivity contribution >= 4 is 5.82 Å². The van der Waals surface area contributed by atoms with Crippen molar-refractivity contribution in [2.24, 2.45) is 0 Å². The van der Waals surface area contributed by atoms with Gasteiger partial charge in [-0.2, -0.15) is 13.2 Å². The molecule has 0 amide bonds. The summed E-state index contributed by atoms with van der Waals surface area (Å²) in [6.45, 7) is 4.29. The fourth-order valence-electron chi connectivity index (χ4n) is 3.40. The molecule has 26 heavy (non-hydrogen) atoms. The van der Waals surface area contributed by atoms with E-state index in [9.17, 15) is 13.2 Å². The summed E-state index contributed by atoms with van der Waals surface area (Å²) in [5.74, 6) is 1.72. The molecule has 2 aromatic heterocycles. The zero-order valence-corrected chi connectivity index (χ0v) is 15.0. The van der Waals surface area contributed by atoms with Crippen LogP contribution in [-0.4, -0.2) is 41.3 Å². The fraction of sp³-hybridized carbons (Fsp3) is 0.556. The third kappa shape index (κ3) is 4.17. The van der Waals surface area contributed by atoms with Gasteiger partial charge in [0.15, 0.2) is 0 Å². The van der Waals surface area contributed by atoms with Crippen molar-refractivity contribution in [3.63, 3.8) is 0 Å². The van der Waals surface area contributed by atoms with Crippen LogP contribution >= 0.6 is 0 Å². The molecule has 1 fully saturated rings. The lowest BCUT2D eigenvalue weighted by Gasteiger charge is -2.33. The maximum atomic E-state index is 13.0. The molecule has 0 aliphatic carbocycles. The number of aryl methyl sites for hydroxylation is 1. The van der Waals surface area contributed by atoms with E-state index < -0.39 is 11.7 Å². The molecular formula is C18H23F3N4O. The van der Waals surface area contributed by atoms with Crippen LogP contribution in [0.5, 0.6) is 0 Å². The summed E-state index contributed by atoms with van der Waals surface area (Å²) in [6.07, 6.45) is 1.04. The number of ether oxygens (including phenoxy) is 1. The third-order valence-corrected chi connectivity index (χ3v) is 4.74. The molecule has 3 heterocycles. The number of imidazole rings is 1. The Balaban J connectivity index is 1.69. The summed E-state index contributed by atoms with van der Waals surface area (Å²) in [4.78, 5) is 10.7. The largest absolute Gasteiger partial charge is 0.416 e. The van der Waals surface area contributed by atoms with Crippen molar-refractivity contribution < 1.29 is 17.9 Å². The maximum Gasteiger partial charge on any atom is 0.416 e. The van der Waals surface area contributed by atoms with Crippen molar-refractivity contribution in [2.45, 2.75) is 38.4 Å². The minimum atomic E-state index is -4.35. The number of nitrogens with zero attached hydrogens (tertiary/aromatic N) is 4. The van der Waals surface area contributed by atoms with Gasteiger partial charge in [-0.15, -0.1) is 0 Å². The predicted molar refractivity (Wildman–Crippen MR) is 92.3 cm³/mol. The Hall–Kier alpha value is -2.09. The van der Waals surface area contributed by atoms with Gasteiger partial charge in [0.25, 0.3) is 0 Å². The first kappa shape index (κ1) is 18.7. The van der Waals surface area contributed by atoms with Crippen LogP contribution in [0.25, 0.3) is 0 Å². The Morgan fingerprint density at radius 1 is 1.23 bits per heavy atom. The van der Waals surface area contributed by atoms with Crippen molar-refractivity contribution in [3.8, 4) is 0 Å². The highest BCUT2D eigenvalue weighted by Crippen LogP contribution is 2.34. The maximum absolute atomic E-state index is 13.0. The van der Waals surface area contributed by atoms with Crippen LogP contribution < -0.4 is 4.90 Å². The minimum Gasteiger partial charge on any atom is -0.383 e. The van der Waals surface area contributed by atoms with Gasteiger partial charge >= 0.3 is 6.18 Å². The molecule has 0 spiro atoms. The predicted octanol–water partition coefficient (Wildman–Crippen LogP) is 3.64. The van der Waals surface area contributed by atoms with Crippen LogP contribution in [0.1, 0.15) is 35.8 Å². The molecule has 1 saturated heterocycles. The highest BCUT2D eigenvalue weighted by molar-refractivity contribution is 5.44. The molecule has 5 nitrogen and oxygen atoms in total. The van der Waals surface area contributed by atoms with Gasteiger partial charge in [-0.05, 0) is 31.9 Å². The van der Waals surface area contributed by atoms with E-state index in [0.717, 1.165) is 37.3 Å². The lowest BCUT2D eigenvalue weighted by molar-refractivity contribution is -0.137. The zero-order chi connectivity index (χ0) is 18.7. The summed E-state index contributed by atoms with van der Waals surface area (Å²) in [5, 5.41) is 0. The second kappa shape index (κ2) is 7.65. The topological polar surface area (TPSA) is 43.2 Å². The van der Waals surface area contributed by atoms with Crippen LogP contribution in [0.2, 0.25) is 0 Å². The standard InChI is InChI=1S/C18H23F3N4O/c1-13-11-15(18(19,20)21)12-16(23-13)24-6-3-14(4-7-24)17-22-5-8-25(17)9-10-26-2/h5,8,11-12,14H,3-4,6-7,9-10H2,1-2H3. The first-order valence-corrected chi connectivity index (χ1v) is 8.69. The first-order chi connectivity index (χ1) is 12.4. The molecular weight excluding hydrogens is 345 g/mol. The van der Waals surface area contributed by atoms with E-state index in [0.29, 0.717) is 37.1 Å². The van der Waals surface area contributed by atoms with E-state index in [1.165, 1.54) is 0 Å². The lowest BCUT2D eigenvalue weighted by Crippen LogP contribution is -2.34. The number of methoxy groups -OCH3 is 1. The molecule has 0 bridgehead atoms. The average molecular weight is 368 g/mol. The van der Waals surface area contributed by atoms with Crippen LogP contribution in [0.3, 0.4) is 0 Å². The molecule has 0 radical (unpaired) electrons. The Kier molecular flexibility index (Phi) is 5.50. The summed E-state index contributed by atoms with van der Waals surface area (Å²) in [5.41, 5.74) is -0.260. The average Bonchev–Trinajstić information content (AvgIpc) is 3.07. The van der Waals surface area contributed by atoms with Gasteiger partial charge in [0.1, 0.15) is 11.6 Å². The van der Waals surface area contributed by atoms with Gasteiger partial charge in [0.2, 0.25) is 0 Å². The molecule has 8 heteroatoms. The second-order valence-electron chi connectivity index (χ2n) is 6.59. The highest BCUT2D eigenvalue weighted by Gasteiger charge is 2.32. The Morgan fingerprint density at radius 2 is 1.96 bits per heavy atom. The molecule has 0 atom stereocenters. The van der Waals surface area contributed by atoms with Crippen molar-refractivity contribution in [2.75, 3.05) is 31.7 Å². The van der Waals surface area contributed by atoms with Gasteiger partial charge in [0.05, 0.1) is 12.2 Å². The third-order valence-electron chi connectivity index (χ3n) is 4.74. The molecule has 1 aliphatic heterocycles. The van der Waals surface area contributed by atoms with Gasteiger partial charge in [-0.1, -0.05) is 0 Å². The number of piperidine rings is 1. The smallest absolute Gasteiger partial charge is 0.383 e. The second-order valence-corrected chi connectivity index (χ2v) is 6.59. The monoisotopic (exact) mass is 368 g/mol. The Labute approximate surface area is 150 Å². The quantitative estimate of drug-likeness (QED) is 0.808. The van der Waals surface area contributed by atoms with Gasteiger partial charge in [-0.25, -0.2) is 9.97 Å². The van der Waals surface area contributed by atoms with E-state index >= 15 is 0 Å². The number of rotatable bonds is 5. The minimum absolute atomic E-state index is 0.296. The first-order valence-electron chi connectivity index (χ1n) is 8.69. The Bertz CT molecular complexity index is 736. The zero-order valence-electron chi connectivity index (χ0n) is 15.0. The molecule has 2 aromatic rings. The summed E-state index contributed by atoms with van der Waals surface area (Å²) in [7, 11) is 1.67. The molecule has 0 N–H and O–H groups in total. The SMILES string of the molecule is COCCn1ccnc1C1CCN(c2cc(C(F)(F)F)cc(C)n2)CC1. The number of hydrogen-bond donors (Lipinski definition) is 0. The van der Waals surface area contributed by atoms with E-state index in [1.807, 2.05) is 11.1 Å². The van der Waals surface area contributed by atoms with Crippen molar-refractivity contribution in [1.29, 1.82) is 0 Å². The van der Waals surface area contributed by atoms with Gasteiger partial charge < -0.3 is 14.2 Å². The fourth-order valence-corrected chi connectivity index (χ4v) is 3.40. The number of aromatic nitrogens is 3. The number of halogens is 3. The molecule has 3 rings (SSSR count). The van der Waals surface area contributed by atoms with Crippen molar-refractivity contribution in [1.82, 2.24) is 14.5 Å². The summed E-state index contributed by atoms with van der Waals surface area (Å²) < 4.78 is 46.3.